The quantitative estimate of drug-likeness (QED) is 0.563. The largest absolute Gasteiger partial charge is 0.497 e. The summed E-state index contributed by atoms with van der Waals surface area (Å²) in [5, 5.41) is 3.66. The molecule has 0 unspecified atom stereocenters. The lowest BCUT2D eigenvalue weighted by atomic mass is 10.2. The first-order valence-corrected chi connectivity index (χ1v) is 10.8. The Kier molecular flexibility index (Phi) is 5.68. The first kappa shape index (κ1) is 19.6. The van der Waals surface area contributed by atoms with Gasteiger partial charge in [0.15, 0.2) is 9.84 Å². The van der Waals surface area contributed by atoms with Crippen molar-refractivity contribution in [1.82, 2.24) is 10.2 Å². The second-order valence-corrected chi connectivity index (χ2v) is 9.48. The minimum absolute atomic E-state index is 0.172. The summed E-state index contributed by atoms with van der Waals surface area (Å²) in [6.07, 6.45) is 3.12. The molecule has 1 aromatic rings. The molecule has 1 saturated heterocycles. The van der Waals surface area contributed by atoms with Gasteiger partial charge in [-0.3, -0.25) is 14.5 Å². The fourth-order valence-electron chi connectivity index (χ4n) is 2.55. The molecule has 2 aliphatic rings. The molecule has 0 aromatic heterocycles. The molecule has 0 radical (unpaired) electrons. The van der Waals surface area contributed by atoms with Crippen LogP contribution in [0.2, 0.25) is 0 Å². The van der Waals surface area contributed by atoms with E-state index in [0.717, 1.165) is 22.7 Å². The van der Waals surface area contributed by atoms with Crippen molar-refractivity contribution in [2.75, 3.05) is 19.4 Å². The normalized spacial score (nSPS) is 22.5. The average molecular weight is 425 g/mol. The number of hydrogen-bond acceptors (Lipinski definition) is 7. The SMILES string of the molecule is COc1ccc(/C=C2\SC(=S)N(CC(=O)N[C@@H]3C=CS(=O)(=O)C3)C2=O)cc1. The lowest BCUT2D eigenvalue weighted by molar-refractivity contribution is -0.128. The fraction of sp³-hybridized carbons (Fsp3) is 0.235. The molecule has 1 N–H and O–H groups in total. The number of benzene rings is 1. The van der Waals surface area contributed by atoms with Crippen LogP contribution in [0.5, 0.6) is 5.75 Å². The molecule has 10 heteroatoms. The summed E-state index contributed by atoms with van der Waals surface area (Å²) < 4.78 is 28.2. The van der Waals surface area contributed by atoms with Gasteiger partial charge in [-0.2, -0.15) is 0 Å². The number of nitrogens with one attached hydrogen (secondary N) is 1. The zero-order chi connectivity index (χ0) is 19.6. The van der Waals surface area contributed by atoms with E-state index >= 15 is 0 Å². The van der Waals surface area contributed by atoms with Gasteiger partial charge in [-0.05, 0) is 29.8 Å². The van der Waals surface area contributed by atoms with Crippen molar-refractivity contribution < 1.29 is 22.7 Å². The third-order valence-electron chi connectivity index (χ3n) is 3.87. The van der Waals surface area contributed by atoms with Gasteiger partial charge in [0.1, 0.15) is 16.6 Å². The van der Waals surface area contributed by atoms with Gasteiger partial charge in [0.25, 0.3) is 5.91 Å². The van der Waals surface area contributed by atoms with Crippen molar-refractivity contribution in [2.45, 2.75) is 6.04 Å². The second-order valence-electron chi connectivity index (χ2n) is 5.87. The summed E-state index contributed by atoms with van der Waals surface area (Å²) in [7, 11) is -1.69. The van der Waals surface area contributed by atoms with Crippen molar-refractivity contribution in [3.8, 4) is 5.75 Å². The Morgan fingerprint density at radius 3 is 2.70 bits per heavy atom. The first-order chi connectivity index (χ1) is 12.8. The van der Waals surface area contributed by atoms with Crippen LogP contribution in [0.4, 0.5) is 0 Å². The predicted molar refractivity (Wildman–Crippen MR) is 108 cm³/mol. The Balaban J connectivity index is 1.64. The number of carbonyl (C=O) groups is 2. The van der Waals surface area contributed by atoms with Gasteiger partial charge in [-0.1, -0.05) is 36.1 Å². The molecule has 27 heavy (non-hydrogen) atoms. The van der Waals surface area contributed by atoms with Crippen LogP contribution in [0.1, 0.15) is 5.56 Å². The number of thiocarbonyl (C=S) groups is 1. The highest BCUT2D eigenvalue weighted by Crippen LogP contribution is 2.32. The van der Waals surface area contributed by atoms with Crippen LogP contribution < -0.4 is 10.1 Å². The van der Waals surface area contributed by atoms with Crippen LogP contribution in [0.15, 0.2) is 40.7 Å². The first-order valence-electron chi connectivity index (χ1n) is 7.87. The number of thioether (sulfide) groups is 1. The molecule has 1 fully saturated rings. The monoisotopic (exact) mass is 424 g/mol. The fourth-order valence-corrected chi connectivity index (χ4v) is 5.04. The summed E-state index contributed by atoms with van der Waals surface area (Å²) in [5.41, 5.74) is 0.807. The van der Waals surface area contributed by atoms with Crippen molar-refractivity contribution >= 4 is 56.0 Å². The van der Waals surface area contributed by atoms with E-state index in [1.807, 2.05) is 12.1 Å². The Morgan fingerprint density at radius 2 is 2.11 bits per heavy atom. The van der Waals surface area contributed by atoms with Crippen molar-refractivity contribution in [3.63, 3.8) is 0 Å². The standard InChI is InChI=1S/C17H16N2O5S3/c1-24-13-4-2-11(3-5-13)8-14-16(21)19(17(25)26-14)9-15(20)18-12-6-7-27(22,23)10-12/h2-8,12H,9-10H2,1H3,(H,18,20)/b14-8-/t12-/m1/s1. The van der Waals surface area contributed by atoms with Crippen molar-refractivity contribution in [2.24, 2.45) is 0 Å². The Labute approximate surface area is 166 Å². The molecule has 0 spiro atoms. The summed E-state index contributed by atoms with van der Waals surface area (Å²) in [4.78, 5) is 26.3. The van der Waals surface area contributed by atoms with Crippen molar-refractivity contribution in [3.05, 3.63) is 46.2 Å². The molecule has 2 aliphatic heterocycles. The maximum Gasteiger partial charge on any atom is 0.266 e. The van der Waals surface area contributed by atoms with E-state index in [0.29, 0.717) is 10.7 Å². The zero-order valence-electron chi connectivity index (χ0n) is 14.2. The van der Waals surface area contributed by atoms with Gasteiger partial charge >= 0.3 is 0 Å². The maximum absolute atomic E-state index is 12.6. The number of nitrogens with zero attached hydrogens (tertiary/aromatic N) is 1. The minimum atomic E-state index is -3.26. The number of methoxy groups -OCH3 is 1. The summed E-state index contributed by atoms with van der Waals surface area (Å²) >= 11 is 6.32. The lowest BCUT2D eigenvalue weighted by Crippen LogP contribution is -2.43. The molecule has 0 saturated carbocycles. The number of rotatable bonds is 5. The highest BCUT2D eigenvalue weighted by atomic mass is 32.2. The number of amides is 2. The van der Waals surface area contributed by atoms with E-state index in [2.05, 4.69) is 5.32 Å². The Morgan fingerprint density at radius 1 is 1.41 bits per heavy atom. The number of hydrogen-bond donors (Lipinski definition) is 1. The second kappa shape index (κ2) is 7.83. The Bertz CT molecular complexity index is 951. The van der Waals surface area contributed by atoms with Gasteiger partial charge in [0.2, 0.25) is 5.91 Å². The number of ether oxygens (including phenoxy) is 1. The molecule has 2 amide bonds. The molecule has 0 bridgehead atoms. The smallest absolute Gasteiger partial charge is 0.266 e. The summed E-state index contributed by atoms with van der Waals surface area (Å²) in [6, 6.07) is 6.60. The van der Waals surface area contributed by atoms with Gasteiger partial charge in [-0.15, -0.1) is 0 Å². The van der Waals surface area contributed by atoms with E-state index < -0.39 is 21.8 Å². The third kappa shape index (κ3) is 4.76. The van der Waals surface area contributed by atoms with Crippen LogP contribution in [0.3, 0.4) is 0 Å². The van der Waals surface area contributed by atoms with E-state index in [-0.39, 0.29) is 22.5 Å². The van der Waals surface area contributed by atoms with Crippen LogP contribution >= 0.6 is 24.0 Å². The molecule has 142 valence electrons. The summed E-state index contributed by atoms with van der Waals surface area (Å²) in [5.74, 6) is -0.289. The summed E-state index contributed by atoms with van der Waals surface area (Å²) in [6.45, 7) is -0.255. The van der Waals surface area contributed by atoms with Gasteiger partial charge in [0.05, 0.1) is 23.8 Å². The van der Waals surface area contributed by atoms with Crippen molar-refractivity contribution in [1.29, 1.82) is 0 Å². The molecular weight excluding hydrogens is 408 g/mol. The van der Waals surface area contributed by atoms with Crippen LogP contribution in [-0.2, 0) is 19.4 Å². The van der Waals surface area contributed by atoms with E-state index in [1.165, 1.54) is 11.0 Å². The van der Waals surface area contributed by atoms with E-state index in [1.54, 1.807) is 25.3 Å². The lowest BCUT2D eigenvalue weighted by Gasteiger charge is -2.16. The Hall–Kier alpha value is -2.17. The van der Waals surface area contributed by atoms with E-state index in [4.69, 9.17) is 17.0 Å². The highest BCUT2D eigenvalue weighted by molar-refractivity contribution is 8.26. The molecule has 7 nitrogen and oxygen atoms in total. The number of carbonyl (C=O) groups excluding carboxylic acids is 2. The molecule has 2 heterocycles. The van der Waals surface area contributed by atoms with Gasteiger partial charge in [0, 0.05) is 5.41 Å². The highest BCUT2D eigenvalue weighted by Gasteiger charge is 2.34. The number of sulfone groups is 1. The molecule has 0 aliphatic carbocycles. The van der Waals surface area contributed by atoms with E-state index in [9.17, 15) is 18.0 Å². The van der Waals surface area contributed by atoms with Crippen LogP contribution in [-0.4, -0.2) is 54.9 Å². The molecule has 3 rings (SSSR count). The van der Waals surface area contributed by atoms with Gasteiger partial charge < -0.3 is 10.1 Å². The van der Waals surface area contributed by atoms with Crippen LogP contribution in [0.25, 0.3) is 6.08 Å². The molecule has 1 aromatic carbocycles. The predicted octanol–water partition coefficient (Wildman–Crippen LogP) is 1.32. The molecular formula is C17H16N2O5S3. The van der Waals surface area contributed by atoms with Crippen LogP contribution in [0, 0.1) is 0 Å². The maximum atomic E-state index is 12.6. The van der Waals surface area contributed by atoms with Gasteiger partial charge in [-0.25, -0.2) is 8.42 Å². The zero-order valence-corrected chi connectivity index (χ0v) is 16.7. The third-order valence-corrected chi connectivity index (χ3v) is 6.64. The average Bonchev–Trinajstić information content (AvgIpc) is 3.09. The minimum Gasteiger partial charge on any atom is -0.497 e. The topological polar surface area (TPSA) is 92.8 Å². The molecule has 1 atom stereocenters.